The third kappa shape index (κ3) is 1.19. The minimum absolute atomic E-state index is 0.0119. The third-order valence-electron chi connectivity index (χ3n) is 2.05. The molecular weight excluding hydrogens is 204 g/mol. The monoisotopic (exact) mass is 212 g/mol. The zero-order chi connectivity index (χ0) is 10.3. The van der Waals surface area contributed by atoms with E-state index in [-0.39, 0.29) is 10.6 Å². The molecule has 0 unspecified atom stereocenters. The number of hydrogen-bond donors (Lipinski definition) is 1. The van der Waals surface area contributed by atoms with Crippen molar-refractivity contribution in [3.8, 4) is 0 Å². The van der Waals surface area contributed by atoms with Crippen molar-refractivity contribution in [2.75, 3.05) is 0 Å². The first kappa shape index (κ1) is 9.14. The van der Waals surface area contributed by atoms with E-state index in [2.05, 4.69) is 4.98 Å². The van der Waals surface area contributed by atoms with E-state index in [1.807, 2.05) is 11.6 Å². The van der Waals surface area contributed by atoms with Crippen LogP contribution in [0.5, 0.6) is 0 Å². The van der Waals surface area contributed by atoms with Crippen LogP contribution in [0.3, 0.4) is 0 Å². The molecule has 2 heterocycles. The maximum atomic E-state index is 11.4. The lowest BCUT2D eigenvalue weighted by atomic mass is 10.2. The van der Waals surface area contributed by atoms with Crippen molar-refractivity contribution in [3.63, 3.8) is 0 Å². The van der Waals surface area contributed by atoms with Crippen LogP contribution in [0.25, 0.3) is 0 Å². The standard InChI is InChI=1S/C8H8N2O3S/c1-2-5-3-6-7(9-4-5)8(11)10-14(6,12)13/h3-4H,2H2,1H3,(H,10,11). The molecule has 5 nitrogen and oxygen atoms in total. The molecule has 0 radical (unpaired) electrons. The summed E-state index contributed by atoms with van der Waals surface area (Å²) in [5, 5.41) is 0. The fourth-order valence-corrected chi connectivity index (χ4v) is 2.44. The Morgan fingerprint density at radius 3 is 2.86 bits per heavy atom. The lowest BCUT2D eigenvalue weighted by molar-refractivity contribution is 0.0980. The Labute approximate surface area is 81.2 Å². The van der Waals surface area contributed by atoms with E-state index >= 15 is 0 Å². The fraction of sp³-hybridized carbons (Fsp3) is 0.250. The maximum Gasteiger partial charge on any atom is 0.285 e. The van der Waals surface area contributed by atoms with Crippen LogP contribution in [0.2, 0.25) is 0 Å². The van der Waals surface area contributed by atoms with Gasteiger partial charge in [-0.2, -0.15) is 0 Å². The molecule has 0 saturated heterocycles. The number of pyridine rings is 1. The number of sulfonamides is 1. The van der Waals surface area contributed by atoms with Crippen molar-refractivity contribution in [1.82, 2.24) is 9.71 Å². The van der Waals surface area contributed by atoms with Crippen LogP contribution in [-0.4, -0.2) is 19.3 Å². The van der Waals surface area contributed by atoms with Gasteiger partial charge in [0.15, 0.2) is 0 Å². The second kappa shape index (κ2) is 2.78. The average molecular weight is 212 g/mol. The van der Waals surface area contributed by atoms with Crippen molar-refractivity contribution in [2.45, 2.75) is 18.2 Å². The highest BCUT2D eigenvalue weighted by molar-refractivity contribution is 7.90. The van der Waals surface area contributed by atoms with Gasteiger partial charge in [-0.15, -0.1) is 0 Å². The molecule has 1 amide bonds. The Bertz CT molecular complexity index is 507. The number of carbonyl (C=O) groups excluding carboxylic acids is 1. The molecule has 0 spiro atoms. The first-order chi connectivity index (χ1) is 6.54. The van der Waals surface area contributed by atoms with Gasteiger partial charge >= 0.3 is 0 Å². The largest absolute Gasteiger partial charge is 0.285 e. The Hall–Kier alpha value is -1.43. The summed E-state index contributed by atoms with van der Waals surface area (Å²) in [5.41, 5.74) is 0.783. The highest BCUT2D eigenvalue weighted by Gasteiger charge is 2.33. The summed E-state index contributed by atoms with van der Waals surface area (Å²) in [7, 11) is -3.65. The summed E-state index contributed by atoms with van der Waals surface area (Å²) in [6.45, 7) is 1.89. The molecule has 2 rings (SSSR count). The molecule has 0 fully saturated rings. The Balaban J connectivity index is 2.71. The molecule has 0 aliphatic carbocycles. The topological polar surface area (TPSA) is 76.1 Å². The molecule has 6 heteroatoms. The molecule has 1 aromatic rings. The minimum atomic E-state index is -3.65. The van der Waals surface area contributed by atoms with Crippen LogP contribution in [-0.2, 0) is 16.4 Å². The molecule has 0 bridgehead atoms. The summed E-state index contributed by atoms with van der Waals surface area (Å²) in [6.07, 6.45) is 2.20. The Morgan fingerprint density at radius 1 is 1.50 bits per heavy atom. The summed E-state index contributed by atoms with van der Waals surface area (Å²) >= 11 is 0. The maximum absolute atomic E-state index is 11.4. The van der Waals surface area contributed by atoms with E-state index in [0.29, 0.717) is 6.42 Å². The number of nitrogens with zero attached hydrogens (tertiary/aromatic N) is 1. The summed E-state index contributed by atoms with van der Waals surface area (Å²) in [6, 6.07) is 1.48. The van der Waals surface area contributed by atoms with Crippen molar-refractivity contribution in [1.29, 1.82) is 0 Å². The van der Waals surface area contributed by atoms with E-state index < -0.39 is 15.9 Å². The SMILES string of the molecule is CCc1cnc2c(c1)S(=O)(=O)NC2=O. The number of aryl methyl sites for hydroxylation is 1. The second-order valence-corrected chi connectivity index (χ2v) is 4.63. The summed E-state index contributed by atoms with van der Waals surface area (Å²) in [5.74, 6) is -0.650. The predicted octanol–water partition coefficient (Wildman–Crippen LogP) is 0.0761. The molecule has 1 aliphatic rings. The van der Waals surface area contributed by atoms with Crippen molar-refractivity contribution in [3.05, 3.63) is 23.5 Å². The summed E-state index contributed by atoms with van der Waals surface area (Å²) < 4.78 is 24.6. The molecule has 0 saturated carbocycles. The lowest BCUT2D eigenvalue weighted by Crippen LogP contribution is -2.20. The Morgan fingerprint density at radius 2 is 2.21 bits per heavy atom. The first-order valence-corrected chi connectivity index (χ1v) is 5.59. The smallest absolute Gasteiger partial charge is 0.266 e. The van der Waals surface area contributed by atoms with Crippen molar-refractivity contribution >= 4 is 15.9 Å². The number of amides is 1. The average Bonchev–Trinajstić information content (AvgIpc) is 2.37. The van der Waals surface area contributed by atoms with Gasteiger partial charge in [-0.3, -0.25) is 4.79 Å². The number of carbonyl (C=O) groups is 1. The molecule has 0 aromatic carbocycles. The van der Waals surface area contributed by atoms with Gasteiger partial charge in [-0.25, -0.2) is 18.1 Å². The predicted molar refractivity (Wildman–Crippen MR) is 48.3 cm³/mol. The zero-order valence-electron chi connectivity index (χ0n) is 7.44. The van der Waals surface area contributed by atoms with E-state index in [1.165, 1.54) is 12.3 Å². The van der Waals surface area contributed by atoms with Crippen LogP contribution >= 0.6 is 0 Å². The van der Waals surface area contributed by atoms with Gasteiger partial charge in [0.25, 0.3) is 15.9 Å². The van der Waals surface area contributed by atoms with Crippen LogP contribution in [0.15, 0.2) is 17.2 Å². The second-order valence-electron chi connectivity index (χ2n) is 2.98. The number of hydrogen-bond acceptors (Lipinski definition) is 4. The first-order valence-electron chi connectivity index (χ1n) is 4.10. The highest BCUT2D eigenvalue weighted by atomic mass is 32.2. The molecule has 1 aromatic heterocycles. The third-order valence-corrected chi connectivity index (χ3v) is 3.39. The van der Waals surface area contributed by atoms with E-state index in [0.717, 1.165) is 5.56 Å². The fourth-order valence-electron chi connectivity index (χ4n) is 1.28. The molecule has 1 aliphatic heterocycles. The molecule has 74 valence electrons. The van der Waals surface area contributed by atoms with Crippen molar-refractivity contribution < 1.29 is 13.2 Å². The van der Waals surface area contributed by atoms with Gasteiger partial charge in [0.05, 0.1) is 0 Å². The van der Waals surface area contributed by atoms with Crippen LogP contribution < -0.4 is 4.72 Å². The van der Waals surface area contributed by atoms with Crippen LogP contribution in [0, 0.1) is 0 Å². The van der Waals surface area contributed by atoms with Crippen molar-refractivity contribution in [2.24, 2.45) is 0 Å². The van der Waals surface area contributed by atoms with Gasteiger partial charge in [0, 0.05) is 6.20 Å². The lowest BCUT2D eigenvalue weighted by Gasteiger charge is -1.97. The van der Waals surface area contributed by atoms with Crippen LogP contribution in [0.4, 0.5) is 0 Å². The molecular formula is C8H8N2O3S. The minimum Gasteiger partial charge on any atom is -0.266 e. The van der Waals surface area contributed by atoms with Crippen LogP contribution in [0.1, 0.15) is 23.0 Å². The number of fused-ring (bicyclic) bond motifs is 1. The Kier molecular flexibility index (Phi) is 1.81. The van der Waals surface area contributed by atoms with Gasteiger partial charge in [0.2, 0.25) is 0 Å². The molecule has 14 heavy (non-hydrogen) atoms. The molecule has 0 atom stereocenters. The zero-order valence-corrected chi connectivity index (χ0v) is 8.26. The highest BCUT2D eigenvalue weighted by Crippen LogP contribution is 2.21. The van der Waals surface area contributed by atoms with Gasteiger partial charge < -0.3 is 0 Å². The van der Waals surface area contributed by atoms with Gasteiger partial charge in [-0.1, -0.05) is 6.92 Å². The quantitative estimate of drug-likeness (QED) is 0.715. The van der Waals surface area contributed by atoms with Gasteiger partial charge in [0.1, 0.15) is 10.6 Å². The van der Waals surface area contributed by atoms with Gasteiger partial charge in [-0.05, 0) is 18.1 Å². The van der Waals surface area contributed by atoms with E-state index in [1.54, 1.807) is 0 Å². The number of aromatic nitrogens is 1. The molecule has 1 N–H and O–H groups in total. The normalized spacial score (nSPS) is 17.6. The van der Waals surface area contributed by atoms with E-state index in [4.69, 9.17) is 0 Å². The number of rotatable bonds is 1. The summed E-state index contributed by atoms with van der Waals surface area (Å²) in [4.78, 5) is 14.9. The van der Waals surface area contributed by atoms with E-state index in [9.17, 15) is 13.2 Å². The number of nitrogens with one attached hydrogen (secondary N) is 1.